The summed E-state index contributed by atoms with van der Waals surface area (Å²) in [6.07, 6.45) is -0.856. The molecule has 0 aromatic carbocycles. The summed E-state index contributed by atoms with van der Waals surface area (Å²) in [5, 5.41) is 19.5. The van der Waals surface area contributed by atoms with E-state index in [9.17, 15) is 23.2 Å². The average Bonchev–Trinajstić information content (AvgIpc) is 3.48. The summed E-state index contributed by atoms with van der Waals surface area (Å²) in [5.41, 5.74) is 1.22. The van der Waals surface area contributed by atoms with E-state index in [4.69, 9.17) is 4.42 Å². The summed E-state index contributed by atoms with van der Waals surface area (Å²) in [6.45, 7) is 0. The van der Waals surface area contributed by atoms with Crippen LogP contribution < -0.4 is 10.6 Å². The van der Waals surface area contributed by atoms with Gasteiger partial charge in [0, 0.05) is 17.4 Å². The second-order valence-electron chi connectivity index (χ2n) is 7.49. The van der Waals surface area contributed by atoms with Crippen LogP contribution in [0.2, 0.25) is 0 Å². The molecule has 160 valence electrons. The van der Waals surface area contributed by atoms with Gasteiger partial charge in [0.25, 0.3) is 5.91 Å². The van der Waals surface area contributed by atoms with Gasteiger partial charge in [-0.1, -0.05) is 0 Å². The molecule has 0 unspecified atom stereocenters. The number of thiophene rings is 1. The van der Waals surface area contributed by atoms with Crippen molar-refractivity contribution in [2.45, 2.75) is 43.9 Å². The van der Waals surface area contributed by atoms with E-state index < -0.39 is 24.2 Å². The van der Waals surface area contributed by atoms with Gasteiger partial charge in [0.2, 0.25) is 0 Å². The van der Waals surface area contributed by atoms with E-state index in [2.05, 4.69) is 21.8 Å². The third-order valence-corrected chi connectivity index (χ3v) is 6.78. The van der Waals surface area contributed by atoms with Gasteiger partial charge in [-0.3, -0.25) is 4.79 Å². The van der Waals surface area contributed by atoms with E-state index in [-0.39, 0.29) is 17.9 Å². The number of anilines is 2. The van der Waals surface area contributed by atoms with E-state index in [0.717, 1.165) is 34.4 Å². The number of rotatable bonds is 3. The highest BCUT2D eigenvalue weighted by Crippen LogP contribution is 2.44. The average molecular weight is 447 g/mol. The molecule has 5 rings (SSSR count). The van der Waals surface area contributed by atoms with Crippen molar-refractivity contribution in [3.05, 3.63) is 51.9 Å². The molecule has 0 saturated heterocycles. The molecular weight excluding hydrogens is 431 g/mol. The van der Waals surface area contributed by atoms with Crippen molar-refractivity contribution < 1.29 is 22.4 Å². The standard InChI is InChI=1S/C20H16F3N5O2S/c21-20(22,23)16-7-12(14-4-2-6-30-14)25-17-8-13(27-28(16)17)18(29)26-19-11(9-24)10-3-1-5-15(10)31-19/h2,4,6,8,12,16,25H,1,3,5,7H2,(H,26,29)/t12-,16-/m1/s1. The van der Waals surface area contributed by atoms with Gasteiger partial charge >= 0.3 is 6.18 Å². The SMILES string of the molecule is N#Cc1c(NC(=O)c2cc3n(n2)[C@@H](C(F)(F)F)C[C@H](c2ccco2)N3)sc2c1CCC2. The van der Waals surface area contributed by atoms with Crippen molar-refractivity contribution in [2.75, 3.05) is 10.6 Å². The first-order valence-electron chi connectivity index (χ1n) is 9.67. The first-order chi connectivity index (χ1) is 14.8. The van der Waals surface area contributed by atoms with Crippen molar-refractivity contribution in [3.8, 4) is 6.07 Å². The summed E-state index contributed by atoms with van der Waals surface area (Å²) in [4.78, 5) is 13.8. The Bertz CT molecular complexity index is 1190. The van der Waals surface area contributed by atoms with E-state index in [1.54, 1.807) is 12.1 Å². The molecule has 11 heteroatoms. The molecule has 2 N–H and O–H groups in total. The number of carbonyl (C=O) groups excluding carboxylic acids is 1. The van der Waals surface area contributed by atoms with E-state index in [1.807, 2.05) is 0 Å². The van der Waals surface area contributed by atoms with Gasteiger partial charge in [-0.2, -0.15) is 23.5 Å². The van der Waals surface area contributed by atoms with Gasteiger partial charge in [0.15, 0.2) is 11.7 Å². The first kappa shape index (κ1) is 19.7. The maximum atomic E-state index is 13.7. The highest BCUT2D eigenvalue weighted by atomic mass is 32.1. The molecule has 0 fully saturated rings. The van der Waals surface area contributed by atoms with Crippen LogP contribution in [0.5, 0.6) is 0 Å². The summed E-state index contributed by atoms with van der Waals surface area (Å²) >= 11 is 1.34. The summed E-state index contributed by atoms with van der Waals surface area (Å²) in [6, 6.07) is 4.02. The molecule has 4 heterocycles. The Kier molecular flexibility index (Phi) is 4.55. The fourth-order valence-corrected chi connectivity index (χ4v) is 5.37. The molecule has 0 radical (unpaired) electrons. The molecule has 7 nitrogen and oxygen atoms in total. The second-order valence-corrected chi connectivity index (χ2v) is 8.60. The predicted molar refractivity (Wildman–Crippen MR) is 106 cm³/mol. The van der Waals surface area contributed by atoms with E-state index >= 15 is 0 Å². The Labute approximate surface area is 178 Å². The largest absolute Gasteiger partial charge is 0.467 e. The lowest BCUT2D eigenvalue weighted by Gasteiger charge is -2.32. The third kappa shape index (κ3) is 3.37. The molecule has 0 saturated carbocycles. The van der Waals surface area contributed by atoms with Crippen LogP contribution in [0.25, 0.3) is 0 Å². The number of aromatic nitrogens is 2. The Balaban J connectivity index is 1.45. The highest BCUT2D eigenvalue weighted by Gasteiger charge is 2.47. The molecular formula is C20H16F3N5O2S. The zero-order valence-corrected chi connectivity index (χ0v) is 16.8. The molecule has 3 aromatic rings. The smallest absolute Gasteiger partial charge is 0.410 e. The Hall–Kier alpha value is -3.26. The van der Waals surface area contributed by atoms with Crippen LogP contribution in [0.4, 0.5) is 24.0 Å². The van der Waals surface area contributed by atoms with Gasteiger partial charge in [-0.25, -0.2) is 4.68 Å². The van der Waals surface area contributed by atoms with Gasteiger partial charge < -0.3 is 15.1 Å². The Morgan fingerprint density at radius 2 is 2.26 bits per heavy atom. The van der Waals surface area contributed by atoms with Gasteiger partial charge in [0.05, 0.1) is 17.9 Å². The van der Waals surface area contributed by atoms with E-state index in [1.165, 1.54) is 23.7 Å². The minimum Gasteiger partial charge on any atom is -0.467 e. The molecule has 1 aliphatic heterocycles. The molecule has 1 amide bonds. The summed E-state index contributed by atoms with van der Waals surface area (Å²) in [7, 11) is 0. The lowest BCUT2D eigenvalue weighted by Crippen LogP contribution is -2.35. The number of nitriles is 1. The zero-order valence-electron chi connectivity index (χ0n) is 16.0. The van der Waals surface area contributed by atoms with E-state index in [0.29, 0.717) is 16.3 Å². The molecule has 1 aliphatic carbocycles. The lowest BCUT2D eigenvalue weighted by molar-refractivity contribution is -0.174. The Morgan fingerprint density at radius 1 is 1.42 bits per heavy atom. The van der Waals surface area contributed by atoms with Crippen LogP contribution in [0.15, 0.2) is 28.9 Å². The van der Waals surface area contributed by atoms with Crippen LogP contribution >= 0.6 is 11.3 Å². The summed E-state index contributed by atoms with van der Waals surface area (Å²) in [5.74, 6) is -0.204. The van der Waals surface area contributed by atoms with Gasteiger partial charge in [-0.05, 0) is 37.0 Å². The minimum absolute atomic E-state index is 0.0781. The number of fused-ring (bicyclic) bond motifs is 2. The number of carbonyl (C=O) groups is 1. The number of amides is 1. The molecule has 2 atom stereocenters. The fourth-order valence-electron chi connectivity index (χ4n) is 4.14. The number of alkyl halides is 3. The van der Waals surface area contributed by atoms with Crippen molar-refractivity contribution in [2.24, 2.45) is 0 Å². The van der Waals surface area contributed by atoms with Crippen molar-refractivity contribution in [3.63, 3.8) is 0 Å². The monoisotopic (exact) mass is 447 g/mol. The third-order valence-electron chi connectivity index (χ3n) is 5.57. The van der Waals surface area contributed by atoms with Crippen molar-refractivity contribution in [1.82, 2.24) is 9.78 Å². The van der Waals surface area contributed by atoms with Crippen LogP contribution in [0, 0.1) is 11.3 Å². The molecule has 0 bridgehead atoms. The molecule has 3 aromatic heterocycles. The predicted octanol–water partition coefficient (Wildman–Crippen LogP) is 4.81. The lowest BCUT2D eigenvalue weighted by atomic mass is 10.0. The van der Waals surface area contributed by atoms with Crippen LogP contribution in [-0.4, -0.2) is 21.9 Å². The molecule has 31 heavy (non-hydrogen) atoms. The van der Waals surface area contributed by atoms with Gasteiger partial charge in [-0.15, -0.1) is 11.3 Å². The van der Waals surface area contributed by atoms with Gasteiger partial charge in [0.1, 0.15) is 22.6 Å². The van der Waals surface area contributed by atoms with Crippen LogP contribution in [0.3, 0.4) is 0 Å². The van der Waals surface area contributed by atoms with Crippen LogP contribution in [-0.2, 0) is 12.8 Å². The number of nitrogens with one attached hydrogen (secondary N) is 2. The van der Waals surface area contributed by atoms with Crippen molar-refractivity contribution >= 4 is 28.1 Å². The molecule has 0 spiro atoms. The number of nitrogens with zero attached hydrogens (tertiary/aromatic N) is 3. The second kappa shape index (κ2) is 7.16. The van der Waals surface area contributed by atoms with Crippen LogP contribution in [0.1, 0.15) is 57.2 Å². The fraction of sp³-hybridized carbons (Fsp3) is 0.350. The quantitative estimate of drug-likeness (QED) is 0.601. The topological polar surface area (TPSA) is 95.9 Å². The number of furan rings is 1. The zero-order chi connectivity index (χ0) is 21.8. The summed E-state index contributed by atoms with van der Waals surface area (Å²) < 4.78 is 47.3. The number of halogens is 3. The maximum absolute atomic E-state index is 13.7. The highest BCUT2D eigenvalue weighted by molar-refractivity contribution is 7.16. The van der Waals surface area contributed by atoms with Crippen molar-refractivity contribution in [1.29, 1.82) is 5.26 Å². The number of hydrogen-bond donors (Lipinski definition) is 2. The minimum atomic E-state index is -4.55. The number of hydrogen-bond acceptors (Lipinski definition) is 6. The number of aryl methyl sites for hydroxylation is 1. The first-order valence-corrected chi connectivity index (χ1v) is 10.5. The normalized spacial score (nSPS) is 19.9. The maximum Gasteiger partial charge on any atom is 0.410 e. The Morgan fingerprint density at radius 3 is 2.97 bits per heavy atom. The molecule has 2 aliphatic rings.